The maximum atomic E-state index is 12.5. The van der Waals surface area contributed by atoms with E-state index in [0.29, 0.717) is 11.3 Å². The molecular formula is C22H16N4O7. The van der Waals surface area contributed by atoms with Gasteiger partial charge < -0.3 is 18.9 Å². The van der Waals surface area contributed by atoms with Crippen molar-refractivity contribution >= 4 is 23.3 Å². The van der Waals surface area contributed by atoms with Gasteiger partial charge in [0.15, 0.2) is 12.4 Å². The number of rotatable bonds is 7. The third kappa shape index (κ3) is 4.93. The van der Waals surface area contributed by atoms with Crippen LogP contribution in [-0.4, -0.2) is 27.0 Å². The number of nitrogens with one attached hydrogen (secondary N) is 1. The van der Waals surface area contributed by atoms with E-state index in [1.807, 2.05) is 0 Å². The highest BCUT2D eigenvalue weighted by Crippen LogP contribution is 2.22. The molecule has 1 amide bonds. The molecule has 2 heterocycles. The van der Waals surface area contributed by atoms with Crippen molar-refractivity contribution < 1.29 is 28.1 Å². The highest BCUT2D eigenvalue weighted by molar-refractivity contribution is 6.03. The van der Waals surface area contributed by atoms with Crippen LogP contribution in [0.4, 0.5) is 11.4 Å². The molecule has 2 aromatic heterocycles. The average molecular weight is 448 g/mol. The van der Waals surface area contributed by atoms with Crippen molar-refractivity contribution in [2.45, 2.75) is 13.5 Å². The van der Waals surface area contributed by atoms with Gasteiger partial charge in [-0.1, -0.05) is 6.07 Å². The Bertz CT molecular complexity index is 1310. The number of benzene rings is 2. The quantitative estimate of drug-likeness (QED) is 0.250. The molecule has 1 N–H and O–H groups in total. The van der Waals surface area contributed by atoms with Gasteiger partial charge in [-0.05, 0) is 48.9 Å². The molecule has 4 rings (SSSR count). The molecule has 0 spiro atoms. The van der Waals surface area contributed by atoms with E-state index in [9.17, 15) is 19.7 Å². The average Bonchev–Trinajstić information content (AvgIpc) is 3.51. The zero-order valence-corrected chi connectivity index (χ0v) is 17.2. The van der Waals surface area contributed by atoms with Crippen LogP contribution in [0.25, 0.3) is 11.5 Å². The number of anilines is 1. The molecule has 0 aliphatic rings. The Morgan fingerprint density at radius 3 is 2.61 bits per heavy atom. The lowest BCUT2D eigenvalue weighted by molar-refractivity contribution is -0.384. The van der Waals surface area contributed by atoms with Gasteiger partial charge in [0.1, 0.15) is 0 Å². The lowest BCUT2D eigenvalue weighted by atomic mass is 10.1. The number of nitro groups is 1. The second-order valence-corrected chi connectivity index (χ2v) is 6.84. The molecular weight excluding hydrogens is 432 g/mol. The fourth-order valence-corrected chi connectivity index (χ4v) is 2.84. The first-order valence-corrected chi connectivity index (χ1v) is 9.60. The molecule has 166 valence electrons. The smallest absolute Gasteiger partial charge is 0.338 e. The van der Waals surface area contributed by atoms with Crippen molar-refractivity contribution in [2.24, 2.45) is 0 Å². The molecule has 0 saturated carbocycles. The van der Waals surface area contributed by atoms with Crippen molar-refractivity contribution in [1.82, 2.24) is 10.2 Å². The molecule has 2 aromatic carbocycles. The van der Waals surface area contributed by atoms with Gasteiger partial charge in [-0.15, -0.1) is 10.2 Å². The van der Waals surface area contributed by atoms with Gasteiger partial charge in [-0.2, -0.15) is 0 Å². The van der Waals surface area contributed by atoms with Crippen LogP contribution < -0.4 is 5.32 Å². The number of ether oxygens (including phenoxy) is 1. The van der Waals surface area contributed by atoms with E-state index in [1.165, 1.54) is 42.7 Å². The summed E-state index contributed by atoms with van der Waals surface area (Å²) in [5, 5.41) is 21.1. The number of carbonyl (C=O) groups excluding carboxylic acids is 2. The molecule has 0 bridgehead atoms. The molecule has 11 heteroatoms. The Labute approximate surface area is 186 Å². The Kier molecular flexibility index (Phi) is 5.94. The predicted octanol–water partition coefficient (Wildman–Crippen LogP) is 4.16. The van der Waals surface area contributed by atoms with Crippen LogP contribution in [0.1, 0.15) is 32.4 Å². The third-order valence-corrected chi connectivity index (χ3v) is 4.59. The summed E-state index contributed by atoms with van der Waals surface area (Å²) in [5.74, 6) is -0.774. The number of amides is 1. The van der Waals surface area contributed by atoms with E-state index in [1.54, 1.807) is 25.1 Å². The van der Waals surface area contributed by atoms with Crippen molar-refractivity contribution in [3.63, 3.8) is 0 Å². The normalized spacial score (nSPS) is 10.6. The summed E-state index contributed by atoms with van der Waals surface area (Å²) in [6.45, 7) is 1.51. The number of carbonyl (C=O) groups is 2. The fraction of sp³-hybridized carbons (Fsp3) is 0.0909. The van der Waals surface area contributed by atoms with E-state index in [-0.39, 0.29) is 35.4 Å². The van der Waals surface area contributed by atoms with Crippen LogP contribution in [-0.2, 0) is 11.3 Å². The first-order valence-electron chi connectivity index (χ1n) is 9.60. The number of esters is 1. The number of aryl methyl sites for hydroxylation is 1. The third-order valence-electron chi connectivity index (χ3n) is 4.59. The zero-order chi connectivity index (χ0) is 23.4. The maximum absolute atomic E-state index is 12.5. The Balaban J connectivity index is 1.40. The zero-order valence-electron chi connectivity index (χ0n) is 17.2. The van der Waals surface area contributed by atoms with Gasteiger partial charge in [-0.3, -0.25) is 14.9 Å². The molecule has 0 aliphatic carbocycles. The number of aromatic nitrogens is 2. The van der Waals surface area contributed by atoms with Crippen LogP contribution in [0.15, 0.2) is 69.7 Å². The number of non-ortho nitro benzene ring substituents is 1. The maximum Gasteiger partial charge on any atom is 0.338 e. The molecule has 0 saturated heterocycles. The number of nitro benzene ring substituents is 1. The van der Waals surface area contributed by atoms with E-state index in [2.05, 4.69) is 15.5 Å². The fourth-order valence-electron chi connectivity index (χ4n) is 2.84. The van der Waals surface area contributed by atoms with Crippen molar-refractivity contribution in [3.05, 3.63) is 93.8 Å². The minimum absolute atomic E-state index is 0.0511. The Morgan fingerprint density at radius 1 is 1.12 bits per heavy atom. The number of hydrogen-bond donors (Lipinski definition) is 1. The molecule has 4 aromatic rings. The number of furan rings is 1. The van der Waals surface area contributed by atoms with Gasteiger partial charge in [-0.25, -0.2) is 4.79 Å². The highest BCUT2D eigenvalue weighted by atomic mass is 16.6. The van der Waals surface area contributed by atoms with Gasteiger partial charge in [0.05, 0.1) is 16.7 Å². The van der Waals surface area contributed by atoms with E-state index >= 15 is 0 Å². The topological polar surface area (TPSA) is 151 Å². The summed E-state index contributed by atoms with van der Waals surface area (Å²) in [6, 6.07) is 13.5. The highest BCUT2D eigenvalue weighted by Gasteiger charge is 2.16. The second-order valence-electron chi connectivity index (χ2n) is 6.84. The number of hydrogen-bond acceptors (Lipinski definition) is 9. The van der Waals surface area contributed by atoms with Crippen molar-refractivity contribution in [2.75, 3.05) is 5.32 Å². The summed E-state index contributed by atoms with van der Waals surface area (Å²) in [4.78, 5) is 34.9. The van der Waals surface area contributed by atoms with Crippen LogP contribution in [0.3, 0.4) is 0 Å². The van der Waals surface area contributed by atoms with Crippen molar-refractivity contribution in [3.8, 4) is 11.5 Å². The molecule has 11 nitrogen and oxygen atoms in total. The summed E-state index contributed by atoms with van der Waals surface area (Å²) >= 11 is 0. The van der Waals surface area contributed by atoms with Gasteiger partial charge >= 0.3 is 5.97 Å². The minimum atomic E-state index is -0.654. The number of nitrogens with zero attached hydrogens (tertiary/aromatic N) is 3. The first-order chi connectivity index (χ1) is 15.9. The lowest BCUT2D eigenvalue weighted by Crippen LogP contribution is -2.13. The predicted molar refractivity (Wildman–Crippen MR) is 113 cm³/mol. The SMILES string of the molecule is Cc1ccc(C(=O)OCc2nnc(-c3ccc([N+](=O)[O-])cc3)o2)cc1NC(=O)c1ccco1. The summed E-state index contributed by atoms with van der Waals surface area (Å²) in [6.07, 6.45) is 1.39. The summed E-state index contributed by atoms with van der Waals surface area (Å²) < 4.78 is 15.8. The van der Waals surface area contributed by atoms with Gasteiger partial charge in [0.2, 0.25) is 5.89 Å². The largest absolute Gasteiger partial charge is 0.459 e. The van der Waals surface area contributed by atoms with Crippen LogP contribution in [0, 0.1) is 17.0 Å². The van der Waals surface area contributed by atoms with Crippen LogP contribution >= 0.6 is 0 Å². The molecule has 0 unspecified atom stereocenters. The molecule has 0 radical (unpaired) electrons. The Hall–Kier alpha value is -4.80. The molecule has 0 atom stereocenters. The van der Waals surface area contributed by atoms with Crippen molar-refractivity contribution in [1.29, 1.82) is 0 Å². The molecule has 33 heavy (non-hydrogen) atoms. The van der Waals surface area contributed by atoms with Gasteiger partial charge in [0, 0.05) is 23.4 Å². The second kappa shape index (κ2) is 9.14. The molecule has 0 aliphatic heterocycles. The lowest BCUT2D eigenvalue weighted by Gasteiger charge is -2.09. The minimum Gasteiger partial charge on any atom is -0.459 e. The Morgan fingerprint density at radius 2 is 1.91 bits per heavy atom. The first kappa shape index (κ1) is 21.4. The standard InChI is InChI=1S/C22H16N4O7/c1-13-4-5-15(11-17(13)23-20(27)18-3-2-10-31-18)22(28)32-12-19-24-25-21(33-19)14-6-8-16(9-7-14)26(29)30/h2-11H,12H2,1H3,(H,23,27). The van der Waals surface area contributed by atoms with E-state index in [4.69, 9.17) is 13.6 Å². The van der Waals surface area contributed by atoms with Gasteiger partial charge in [0.25, 0.3) is 17.5 Å². The van der Waals surface area contributed by atoms with E-state index in [0.717, 1.165) is 5.56 Å². The summed E-state index contributed by atoms with van der Waals surface area (Å²) in [7, 11) is 0. The van der Waals surface area contributed by atoms with Crippen LogP contribution in [0.2, 0.25) is 0 Å². The van der Waals surface area contributed by atoms with Crippen LogP contribution in [0.5, 0.6) is 0 Å². The monoisotopic (exact) mass is 448 g/mol. The van der Waals surface area contributed by atoms with E-state index < -0.39 is 16.8 Å². The molecule has 0 fully saturated rings. The summed E-state index contributed by atoms with van der Waals surface area (Å²) in [5.41, 5.74) is 1.82.